The number of anilines is 2. The van der Waals surface area contributed by atoms with Gasteiger partial charge in [-0.25, -0.2) is 0 Å². The average molecular weight is 411 g/mol. The fourth-order valence-electron chi connectivity index (χ4n) is 3.52. The number of benzene rings is 2. The summed E-state index contributed by atoms with van der Waals surface area (Å²) in [5.41, 5.74) is 5.53. The zero-order valence-electron chi connectivity index (χ0n) is 17.5. The van der Waals surface area contributed by atoms with E-state index in [2.05, 4.69) is 65.5 Å². The molecule has 1 aliphatic heterocycles. The molecule has 1 saturated heterocycles. The Labute approximate surface area is 179 Å². The van der Waals surface area contributed by atoms with Gasteiger partial charge in [-0.1, -0.05) is 37.3 Å². The van der Waals surface area contributed by atoms with Gasteiger partial charge in [-0.05, 0) is 61.3 Å². The van der Waals surface area contributed by atoms with Crippen molar-refractivity contribution >= 4 is 34.6 Å². The van der Waals surface area contributed by atoms with Crippen LogP contribution in [0.15, 0.2) is 42.5 Å². The quantitative estimate of drug-likeness (QED) is 0.734. The number of amides is 1. The van der Waals surface area contributed by atoms with Crippen LogP contribution < -0.4 is 10.6 Å². The Hall–Kier alpha value is -2.44. The van der Waals surface area contributed by atoms with Crippen LogP contribution in [0.25, 0.3) is 0 Å². The van der Waals surface area contributed by atoms with E-state index < -0.39 is 0 Å². The Balaban J connectivity index is 1.48. The number of hydrogen-bond donors (Lipinski definition) is 2. The van der Waals surface area contributed by atoms with Gasteiger partial charge in [0.2, 0.25) is 5.91 Å². The van der Waals surface area contributed by atoms with Crippen LogP contribution in [0.1, 0.15) is 23.6 Å². The smallest absolute Gasteiger partial charge is 0.238 e. The number of rotatable bonds is 5. The molecule has 6 heteroatoms. The lowest BCUT2D eigenvalue weighted by Gasteiger charge is -2.36. The first-order valence-corrected chi connectivity index (χ1v) is 10.6. The van der Waals surface area contributed by atoms with Crippen molar-refractivity contribution < 1.29 is 4.79 Å². The number of nitrogens with one attached hydrogen (secondary N) is 2. The van der Waals surface area contributed by atoms with Crippen molar-refractivity contribution in [3.8, 4) is 0 Å². The van der Waals surface area contributed by atoms with E-state index in [9.17, 15) is 4.79 Å². The lowest BCUT2D eigenvalue weighted by atomic mass is 10.1. The van der Waals surface area contributed by atoms with Gasteiger partial charge in [0.05, 0.1) is 6.54 Å². The van der Waals surface area contributed by atoms with Gasteiger partial charge < -0.3 is 15.5 Å². The predicted molar refractivity (Wildman–Crippen MR) is 125 cm³/mol. The topological polar surface area (TPSA) is 47.6 Å². The number of nitrogens with zero attached hydrogens (tertiary/aromatic N) is 2. The second-order valence-electron chi connectivity index (χ2n) is 7.57. The molecule has 1 aliphatic rings. The van der Waals surface area contributed by atoms with E-state index >= 15 is 0 Å². The first kappa shape index (κ1) is 21.3. The molecular weight excluding hydrogens is 380 g/mol. The zero-order chi connectivity index (χ0) is 20.8. The van der Waals surface area contributed by atoms with Crippen molar-refractivity contribution in [1.82, 2.24) is 9.80 Å². The van der Waals surface area contributed by atoms with Gasteiger partial charge in [0.15, 0.2) is 5.11 Å². The maximum atomic E-state index is 12.5. The summed E-state index contributed by atoms with van der Waals surface area (Å²) in [5.74, 6) is 0.0374. The number of hydrogen-bond acceptors (Lipinski definition) is 3. The van der Waals surface area contributed by atoms with E-state index in [-0.39, 0.29) is 5.91 Å². The Morgan fingerprint density at radius 1 is 1.00 bits per heavy atom. The summed E-state index contributed by atoms with van der Waals surface area (Å²) < 4.78 is 0. The molecule has 0 aliphatic carbocycles. The van der Waals surface area contributed by atoms with Crippen molar-refractivity contribution in [3.63, 3.8) is 0 Å². The highest BCUT2D eigenvalue weighted by molar-refractivity contribution is 7.80. The predicted octanol–water partition coefficient (Wildman–Crippen LogP) is 3.82. The van der Waals surface area contributed by atoms with Crippen LogP contribution in [0.2, 0.25) is 0 Å². The highest BCUT2D eigenvalue weighted by atomic mass is 32.1. The first-order chi connectivity index (χ1) is 14.0. The maximum absolute atomic E-state index is 12.5. The van der Waals surface area contributed by atoms with Gasteiger partial charge in [0, 0.05) is 37.6 Å². The molecular formula is C23H30N4OS. The number of piperazine rings is 1. The molecule has 0 radical (unpaired) electrons. The molecule has 5 nitrogen and oxygen atoms in total. The largest absolute Gasteiger partial charge is 0.346 e. The van der Waals surface area contributed by atoms with Gasteiger partial charge in [-0.15, -0.1) is 0 Å². The van der Waals surface area contributed by atoms with E-state index in [4.69, 9.17) is 12.2 Å². The number of thiocarbonyl (C=S) groups is 1. The Morgan fingerprint density at radius 3 is 2.45 bits per heavy atom. The molecule has 0 saturated carbocycles. The van der Waals surface area contributed by atoms with E-state index in [1.165, 1.54) is 11.1 Å². The summed E-state index contributed by atoms with van der Waals surface area (Å²) in [4.78, 5) is 16.8. The lowest BCUT2D eigenvalue weighted by Crippen LogP contribution is -2.51. The van der Waals surface area contributed by atoms with Crippen LogP contribution in [0.4, 0.5) is 11.4 Å². The Bertz CT molecular complexity index is 875. The lowest BCUT2D eigenvalue weighted by molar-refractivity contribution is -0.117. The summed E-state index contributed by atoms with van der Waals surface area (Å²) in [6.45, 7) is 9.93. The van der Waals surface area contributed by atoms with Crippen molar-refractivity contribution in [2.75, 3.05) is 43.4 Å². The van der Waals surface area contributed by atoms with Crippen molar-refractivity contribution in [2.45, 2.75) is 27.2 Å². The fourth-order valence-corrected chi connectivity index (χ4v) is 3.81. The standard InChI is InChI=1S/C23H30N4OS/c1-4-19-7-5-6-8-20(19)24-22(28)16-26-11-13-27(14-12-26)23(29)25-21-15-17(2)9-10-18(21)3/h5-10,15H,4,11-14,16H2,1-3H3,(H,24,28)(H,25,29). The third kappa shape index (κ3) is 5.78. The normalized spacial score (nSPS) is 14.5. The van der Waals surface area contributed by atoms with Crippen molar-refractivity contribution in [2.24, 2.45) is 0 Å². The summed E-state index contributed by atoms with van der Waals surface area (Å²) in [6, 6.07) is 14.3. The SMILES string of the molecule is CCc1ccccc1NC(=O)CN1CCN(C(=S)Nc2cc(C)ccc2C)CC1. The van der Waals surface area contributed by atoms with Crippen LogP contribution >= 0.6 is 12.2 Å². The molecule has 154 valence electrons. The van der Waals surface area contributed by atoms with E-state index in [1.54, 1.807) is 0 Å². The van der Waals surface area contributed by atoms with Gasteiger partial charge in [-0.3, -0.25) is 9.69 Å². The molecule has 29 heavy (non-hydrogen) atoms. The highest BCUT2D eigenvalue weighted by Gasteiger charge is 2.21. The molecule has 3 rings (SSSR count). The van der Waals surface area contributed by atoms with Crippen LogP contribution in [0, 0.1) is 13.8 Å². The molecule has 0 aromatic heterocycles. The minimum Gasteiger partial charge on any atom is -0.346 e. The second kappa shape index (κ2) is 9.85. The molecule has 0 atom stereocenters. The summed E-state index contributed by atoms with van der Waals surface area (Å²) in [6.07, 6.45) is 0.903. The second-order valence-corrected chi connectivity index (χ2v) is 7.96. The van der Waals surface area contributed by atoms with Crippen molar-refractivity contribution in [3.05, 3.63) is 59.2 Å². The van der Waals surface area contributed by atoms with Crippen LogP contribution in [0.5, 0.6) is 0 Å². The first-order valence-electron chi connectivity index (χ1n) is 10.2. The third-order valence-corrected chi connectivity index (χ3v) is 5.69. The molecule has 2 aromatic carbocycles. The minimum absolute atomic E-state index is 0.0374. The van der Waals surface area contributed by atoms with Crippen LogP contribution in [0.3, 0.4) is 0 Å². The van der Waals surface area contributed by atoms with E-state index in [0.717, 1.165) is 54.7 Å². The van der Waals surface area contributed by atoms with Crippen LogP contribution in [-0.4, -0.2) is 53.5 Å². The third-order valence-electron chi connectivity index (χ3n) is 5.33. The van der Waals surface area contributed by atoms with E-state index in [0.29, 0.717) is 6.54 Å². The molecule has 1 amide bonds. The van der Waals surface area contributed by atoms with Gasteiger partial charge in [0.1, 0.15) is 0 Å². The molecule has 1 heterocycles. The number of para-hydroxylation sites is 1. The highest BCUT2D eigenvalue weighted by Crippen LogP contribution is 2.18. The van der Waals surface area contributed by atoms with Crippen molar-refractivity contribution in [1.29, 1.82) is 0 Å². The average Bonchev–Trinajstić information content (AvgIpc) is 2.71. The zero-order valence-corrected chi connectivity index (χ0v) is 18.3. The minimum atomic E-state index is 0.0374. The Kier molecular flexibility index (Phi) is 7.23. The molecule has 0 bridgehead atoms. The Morgan fingerprint density at radius 2 is 1.72 bits per heavy atom. The van der Waals surface area contributed by atoms with Gasteiger partial charge in [0.25, 0.3) is 0 Å². The molecule has 0 spiro atoms. The molecule has 0 unspecified atom stereocenters. The maximum Gasteiger partial charge on any atom is 0.238 e. The summed E-state index contributed by atoms with van der Waals surface area (Å²) >= 11 is 5.62. The van der Waals surface area contributed by atoms with Gasteiger partial charge >= 0.3 is 0 Å². The molecule has 1 fully saturated rings. The number of aryl methyl sites for hydroxylation is 3. The number of carbonyl (C=O) groups excluding carboxylic acids is 1. The van der Waals surface area contributed by atoms with Crippen LogP contribution in [-0.2, 0) is 11.2 Å². The van der Waals surface area contributed by atoms with Gasteiger partial charge in [-0.2, -0.15) is 0 Å². The number of carbonyl (C=O) groups is 1. The monoisotopic (exact) mass is 410 g/mol. The fraction of sp³-hybridized carbons (Fsp3) is 0.391. The summed E-state index contributed by atoms with van der Waals surface area (Å²) in [5, 5.41) is 7.19. The van der Waals surface area contributed by atoms with E-state index in [1.807, 2.05) is 18.2 Å². The summed E-state index contributed by atoms with van der Waals surface area (Å²) in [7, 11) is 0. The molecule has 2 N–H and O–H groups in total. The molecule has 2 aromatic rings.